The van der Waals surface area contributed by atoms with E-state index in [9.17, 15) is 14.4 Å². The second-order valence-electron chi connectivity index (χ2n) is 5.00. The minimum absolute atomic E-state index is 0.0216. The van der Waals surface area contributed by atoms with Gasteiger partial charge in [-0.3, -0.25) is 19.4 Å². The molecule has 7 heteroatoms. The molecule has 1 fully saturated rings. The van der Waals surface area contributed by atoms with Gasteiger partial charge in [-0.15, -0.1) is 0 Å². The van der Waals surface area contributed by atoms with Crippen LogP contribution in [0.1, 0.15) is 18.4 Å². The maximum absolute atomic E-state index is 11.9. The number of carbonyl (C=O) groups is 3. The van der Waals surface area contributed by atoms with Gasteiger partial charge in [0.1, 0.15) is 6.54 Å². The Hall–Kier alpha value is -2.70. The van der Waals surface area contributed by atoms with Gasteiger partial charge in [-0.25, -0.2) is 0 Å². The summed E-state index contributed by atoms with van der Waals surface area (Å²) in [4.78, 5) is 39.5. The van der Waals surface area contributed by atoms with Crippen molar-refractivity contribution in [2.75, 3.05) is 6.54 Å². The standard InChI is InChI=1S/C15H17N3O4/c19-13(17-9-11-2-1-7-16-8-11)5-6-14(20)18(10-15(21)22)12-3-4-12/h1-2,5-8,12H,3-4,9-10H2,(H,17,19)(H,21,22)/b6-5+. The molecule has 22 heavy (non-hydrogen) atoms. The first-order valence-electron chi connectivity index (χ1n) is 6.93. The van der Waals surface area contributed by atoms with Crippen LogP contribution in [0, 0.1) is 0 Å². The summed E-state index contributed by atoms with van der Waals surface area (Å²) >= 11 is 0. The number of carboxylic acids is 1. The van der Waals surface area contributed by atoms with Crippen molar-refractivity contribution in [3.63, 3.8) is 0 Å². The third-order valence-electron chi connectivity index (χ3n) is 3.14. The smallest absolute Gasteiger partial charge is 0.323 e. The lowest BCUT2D eigenvalue weighted by Gasteiger charge is -2.17. The number of aliphatic carboxylic acids is 1. The van der Waals surface area contributed by atoms with E-state index in [-0.39, 0.29) is 12.6 Å². The number of nitrogens with one attached hydrogen (secondary N) is 1. The monoisotopic (exact) mass is 303 g/mol. The Labute approximate surface area is 127 Å². The molecule has 2 N–H and O–H groups in total. The average molecular weight is 303 g/mol. The Kier molecular flexibility index (Phi) is 5.24. The molecular formula is C15H17N3O4. The highest BCUT2D eigenvalue weighted by atomic mass is 16.4. The molecule has 0 saturated heterocycles. The van der Waals surface area contributed by atoms with Crippen molar-refractivity contribution in [1.29, 1.82) is 0 Å². The molecule has 0 spiro atoms. The van der Waals surface area contributed by atoms with Crippen LogP contribution in [-0.2, 0) is 20.9 Å². The maximum atomic E-state index is 11.9. The van der Waals surface area contributed by atoms with Gasteiger partial charge in [-0.05, 0) is 24.5 Å². The predicted molar refractivity (Wildman–Crippen MR) is 77.6 cm³/mol. The van der Waals surface area contributed by atoms with Crippen LogP contribution in [-0.4, -0.2) is 45.4 Å². The van der Waals surface area contributed by atoms with E-state index in [4.69, 9.17) is 5.11 Å². The summed E-state index contributed by atoms with van der Waals surface area (Å²) in [6.45, 7) is -0.0299. The number of carbonyl (C=O) groups excluding carboxylic acids is 2. The molecule has 0 aliphatic heterocycles. The van der Waals surface area contributed by atoms with Gasteiger partial charge in [0, 0.05) is 37.1 Å². The van der Waals surface area contributed by atoms with Crippen LogP contribution in [0.2, 0.25) is 0 Å². The highest BCUT2D eigenvalue weighted by Crippen LogP contribution is 2.26. The third-order valence-corrected chi connectivity index (χ3v) is 3.14. The summed E-state index contributed by atoms with van der Waals surface area (Å²) in [6, 6.07) is 3.57. The molecule has 0 radical (unpaired) electrons. The first kappa shape index (κ1) is 15.7. The molecule has 0 bridgehead atoms. The zero-order valence-electron chi connectivity index (χ0n) is 11.9. The lowest BCUT2D eigenvalue weighted by molar-refractivity contribution is -0.143. The Morgan fingerprint density at radius 3 is 2.73 bits per heavy atom. The van der Waals surface area contributed by atoms with E-state index in [1.54, 1.807) is 18.5 Å². The lowest BCUT2D eigenvalue weighted by atomic mass is 10.3. The molecule has 1 saturated carbocycles. The van der Waals surface area contributed by atoms with Gasteiger partial charge < -0.3 is 15.3 Å². The lowest BCUT2D eigenvalue weighted by Crippen LogP contribution is -2.36. The number of amides is 2. The van der Waals surface area contributed by atoms with E-state index < -0.39 is 17.8 Å². The molecule has 1 aliphatic carbocycles. The summed E-state index contributed by atoms with van der Waals surface area (Å²) in [5.74, 6) is -1.93. The number of carboxylic acid groups (broad SMARTS) is 1. The van der Waals surface area contributed by atoms with E-state index in [0.29, 0.717) is 6.54 Å². The zero-order valence-corrected chi connectivity index (χ0v) is 11.9. The van der Waals surface area contributed by atoms with Gasteiger partial charge in [-0.2, -0.15) is 0 Å². The molecule has 1 aromatic rings. The second-order valence-corrected chi connectivity index (χ2v) is 5.00. The highest BCUT2D eigenvalue weighted by Gasteiger charge is 2.32. The number of aromatic nitrogens is 1. The Balaban J connectivity index is 1.82. The molecule has 0 aromatic carbocycles. The third kappa shape index (κ3) is 5.01. The van der Waals surface area contributed by atoms with Crippen LogP contribution in [0.3, 0.4) is 0 Å². The molecule has 1 aromatic heterocycles. The van der Waals surface area contributed by atoms with Gasteiger partial charge in [-0.1, -0.05) is 6.07 Å². The number of rotatable bonds is 7. The molecule has 0 atom stereocenters. The Morgan fingerprint density at radius 1 is 1.36 bits per heavy atom. The first-order valence-corrected chi connectivity index (χ1v) is 6.93. The first-order chi connectivity index (χ1) is 10.6. The average Bonchev–Trinajstić information content (AvgIpc) is 3.33. The van der Waals surface area contributed by atoms with Crippen LogP contribution < -0.4 is 5.32 Å². The van der Waals surface area contributed by atoms with Crippen LogP contribution in [0.5, 0.6) is 0 Å². The van der Waals surface area contributed by atoms with Crippen molar-refractivity contribution in [2.24, 2.45) is 0 Å². The number of nitrogens with zero attached hydrogens (tertiary/aromatic N) is 2. The topological polar surface area (TPSA) is 99.6 Å². The molecule has 2 rings (SSSR count). The Morgan fingerprint density at radius 2 is 2.14 bits per heavy atom. The van der Waals surface area contributed by atoms with E-state index in [2.05, 4.69) is 10.3 Å². The molecule has 116 valence electrons. The SMILES string of the molecule is O=C(O)CN(C(=O)/C=C/C(=O)NCc1cccnc1)C1CC1. The van der Waals surface area contributed by atoms with Crippen molar-refractivity contribution in [1.82, 2.24) is 15.2 Å². The summed E-state index contributed by atoms with van der Waals surface area (Å²) in [7, 11) is 0. The van der Waals surface area contributed by atoms with E-state index in [1.807, 2.05) is 6.07 Å². The molecule has 7 nitrogen and oxygen atoms in total. The molecule has 2 amide bonds. The largest absolute Gasteiger partial charge is 0.480 e. The van der Waals surface area contributed by atoms with Gasteiger partial charge >= 0.3 is 5.97 Å². The van der Waals surface area contributed by atoms with E-state index in [0.717, 1.165) is 30.6 Å². The van der Waals surface area contributed by atoms with Crippen LogP contribution in [0.25, 0.3) is 0 Å². The predicted octanol–water partition coefficient (Wildman–Crippen LogP) is 0.330. The fourth-order valence-corrected chi connectivity index (χ4v) is 1.91. The van der Waals surface area contributed by atoms with Crippen molar-refractivity contribution in [3.05, 3.63) is 42.2 Å². The fraction of sp³-hybridized carbons (Fsp3) is 0.333. The quantitative estimate of drug-likeness (QED) is 0.707. The maximum Gasteiger partial charge on any atom is 0.323 e. The molecule has 1 aliphatic rings. The molecule has 1 heterocycles. The van der Waals surface area contributed by atoms with Crippen LogP contribution in [0.4, 0.5) is 0 Å². The molecular weight excluding hydrogens is 286 g/mol. The fourth-order valence-electron chi connectivity index (χ4n) is 1.91. The number of pyridine rings is 1. The van der Waals surface area contributed by atoms with Gasteiger partial charge in [0.25, 0.3) is 0 Å². The van der Waals surface area contributed by atoms with Crippen molar-refractivity contribution in [2.45, 2.75) is 25.4 Å². The van der Waals surface area contributed by atoms with E-state index >= 15 is 0 Å². The van der Waals surface area contributed by atoms with Crippen molar-refractivity contribution >= 4 is 17.8 Å². The van der Waals surface area contributed by atoms with Gasteiger partial charge in [0.05, 0.1) is 0 Å². The zero-order chi connectivity index (χ0) is 15.9. The number of hydrogen-bond donors (Lipinski definition) is 2. The van der Waals surface area contributed by atoms with Crippen molar-refractivity contribution < 1.29 is 19.5 Å². The number of hydrogen-bond acceptors (Lipinski definition) is 4. The van der Waals surface area contributed by atoms with Gasteiger partial charge in [0.2, 0.25) is 11.8 Å². The summed E-state index contributed by atoms with van der Waals surface area (Å²) in [5.41, 5.74) is 0.848. The van der Waals surface area contributed by atoms with Crippen LogP contribution >= 0.6 is 0 Å². The van der Waals surface area contributed by atoms with Crippen molar-refractivity contribution in [3.8, 4) is 0 Å². The highest BCUT2D eigenvalue weighted by molar-refractivity contribution is 5.97. The minimum Gasteiger partial charge on any atom is -0.480 e. The molecule has 0 unspecified atom stereocenters. The van der Waals surface area contributed by atoms with Gasteiger partial charge in [0.15, 0.2) is 0 Å². The van der Waals surface area contributed by atoms with E-state index in [1.165, 1.54) is 4.90 Å². The summed E-state index contributed by atoms with van der Waals surface area (Å²) < 4.78 is 0. The Bertz CT molecular complexity index is 582. The summed E-state index contributed by atoms with van der Waals surface area (Å²) in [5, 5.41) is 11.4. The second kappa shape index (κ2) is 7.35. The summed E-state index contributed by atoms with van der Waals surface area (Å²) in [6.07, 6.45) is 7.12. The van der Waals surface area contributed by atoms with Crippen LogP contribution in [0.15, 0.2) is 36.7 Å². The minimum atomic E-state index is -1.06. The normalized spacial score (nSPS) is 13.8.